The van der Waals surface area contributed by atoms with Crippen LogP contribution >= 0.6 is 11.9 Å². The van der Waals surface area contributed by atoms with Gasteiger partial charge in [0.15, 0.2) is 5.72 Å². The van der Waals surface area contributed by atoms with Gasteiger partial charge in [-0.2, -0.15) is 13.2 Å². The van der Waals surface area contributed by atoms with Crippen molar-refractivity contribution in [2.24, 2.45) is 4.99 Å². The molecule has 26 heavy (non-hydrogen) atoms. The Hall–Kier alpha value is -2.22. The van der Waals surface area contributed by atoms with Crippen LogP contribution in [0.25, 0.3) is 0 Å². The van der Waals surface area contributed by atoms with Gasteiger partial charge < -0.3 is 9.46 Å². The van der Waals surface area contributed by atoms with E-state index in [1.54, 1.807) is 32.0 Å². The molecular formula is C18H16F4N2OS. The zero-order valence-corrected chi connectivity index (χ0v) is 15.1. The van der Waals surface area contributed by atoms with E-state index in [1.807, 2.05) is 6.26 Å². The van der Waals surface area contributed by atoms with Crippen LogP contribution in [0.1, 0.15) is 30.5 Å². The van der Waals surface area contributed by atoms with Crippen LogP contribution in [-0.2, 0) is 6.18 Å². The number of nitrogens with zero attached hydrogens (tertiary/aromatic N) is 1. The molecule has 0 unspecified atom stereocenters. The lowest BCUT2D eigenvalue weighted by atomic mass is 9.97. The first-order valence-electron chi connectivity index (χ1n) is 7.70. The normalized spacial score (nSPS) is 15.7. The number of hydrogen-bond donors (Lipinski definition) is 1. The molecule has 0 saturated heterocycles. The van der Waals surface area contributed by atoms with E-state index >= 15 is 0 Å². The lowest BCUT2D eigenvalue weighted by Crippen LogP contribution is -2.32. The predicted molar refractivity (Wildman–Crippen MR) is 95.3 cm³/mol. The molecule has 0 spiro atoms. The minimum atomic E-state index is -4.78. The molecule has 3 rings (SSSR count). The monoisotopic (exact) mass is 384 g/mol. The summed E-state index contributed by atoms with van der Waals surface area (Å²) in [7, 11) is 0. The topological polar surface area (TPSA) is 33.6 Å². The fraction of sp³-hybridized carbons (Fsp3) is 0.278. The highest BCUT2D eigenvalue weighted by Crippen LogP contribution is 2.37. The van der Waals surface area contributed by atoms with Crippen LogP contribution in [0.2, 0.25) is 0 Å². The number of aliphatic imine (C=N–C) groups is 1. The summed E-state index contributed by atoms with van der Waals surface area (Å²) in [5.74, 6) is -0.815. The molecule has 3 nitrogen and oxygen atoms in total. The molecule has 0 fully saturated rings. The smallest absolute Gasteiger partial charge is 0.419 e. The molecular weight excluding hydrogens is 368 g/mol. The largest absolute Gasteiger partial charge is 0.466 e. The van der Waals surface area contributed by atoms with E-state index < -0.39 is 23.3 Å². The van der Waals surface area contributed by atoms with Gasteiger partial charge in [-0.1, -0.05) is 11.9 Å². The summed E-state index contributed by atoms with van der Waals surface area (Å²) in [5, 5.41) is 0. The second kappa shape index (κ2) is 6.50. The minimum Gasteiger partial charge on any atom is -0.466 e. The van der Waals surface area contributed by atoms with Gasteiger partial charge in [0.1, 0.15) is 11.6 Å². The van der Waals surface area contributed by atoms with E-state index in [9.17, 15) is 17.6 Å². The molecule has 0 radical (unpaired) electrons. The van der Waals surface area contributed by atoms with E-state index in [4.69, 9.17) is 4.74 Å². The highest BCUT2D eigenvalue weighted by atomic mass is 32.2. The summed E-state index contributed by atoms with van der Waals surface area (Å²) in [6, 6.07) is 8.15. The Morgan fingerprint density at radius 2 is 1.85 bits per heavy atom. The van der Waals surface area contributed by atoms with Crippen LogP contribution in [-0.4, -0.2) is 17.7 Å². The molecule has 1 heterocycles. The van der Waals surface area contributed by atoms with Gasteiger partial charge in [0, 0.05) is 29.1 Å². The SMILES string of the molecule is CSNc1ccc2c(c1)OC(C)(C)N=C2c1ccc(F)c(C(F)(F)F)c1. The van der Waals surface area contributed by atoms with Crippen molar-refractivity contribution < 1.29 is 22.3 Å². The Kier molecular flexibility index (Phi) is 4.64. The molecule has 8 heteroatoms. The van der Waals surface area contributed by atoms with Crippen molar-refractivity contribution in [3.05, 3.63) is 58.9 Å². The number of ether oxygens (including phenoxy) is 1. The molecule has 2 aromatic carbocycles. The number of alkyl halides is 3. The summed E-state index contributed by atoms with van der Waals surface area (Å²) in [6.07, 6.45) is -2.91. The first-order valence-corrected chi connectivity index (χ1v) is 8.92. The Balaban J connectivity index is 2.15. The zero-order chi connectivity index (χ0) is 19.1. The number of halogens is 4. The van der Waals surface area contributed by atoms with Gasteiger partial charge in [0.25, 0.3) is 0 Å². The molecule has 138 valence electrons. The molecule has 0 aliphatic carbocycles. The van der Waals surface area contributed by atoms with Crippen LogP contribution in [0.4, 0.5) is 23.2 Å². The number of benzene rings is 2. The maximum absolute atomic E-state index is 13.6. The van der Waals surface area contributed by atoms with Gasteiger partial charge in [-0.15, -0.1) is 0 Å². The molecule has 0 amide bonds. The number of hydrogen-bond acceptors (Lipinski definition) is 4. The van der Waals surface area contributed by atoms with Crippen molar-refractivity contribution in [3.8, 4) is 5.75 Å². The third kappa shape index (κ3) is 3.65. The zero-order valence-electron chi connectivity index (χ0n) is 14.2. The van der Waals surface area contributed by atoms with Crippen LogP contribution < -0.4 is 9.46 Å². The third-order valence-electron chi connectivity index (χ3n) is 3.74. The molecule has 0 aromatic heterocycles. The Labute approximate surface area is 152 Å². The maximum Gasteiger partial charge on any atom is 0.419 e. The molecule has 0 saturated carbocycles. The fourth-order valence-electron chi connectivity index (χ4n) is 2.71. The maximum atomic E-state index is 13.6. The first kappa shape index (κ1) is 18.6. The summed E-state index contributed by atoms with van der Waals surface area (Å²) in [6.45, 7) is 3.41. The van der Waals surface area contributed by atoms with Crippen molar-refractivity contribution >= 4 is 23.3 Å². The number of fused-ring (bicyclic) bond motifs is 1. The standard InChI is InChI=1S/C18H16F4N2OS/c1-17(2)23-16(10-4-7-14(19)13(8-10)18(20,21)22)12-6-5-11(24-26-3)9-15(12)25-17/h4-9,24H,1-3H3. The first-order chi connectivity index (χ1) is 12.1. The summed E-state index contributed by atoms with van der Waals surface area (Å²) >= 11 is 1.41. The van der Waals surface area contributed by atoms with Crippen molar-refractivity contribution in [3.63, 3.8) is 0 Å². The van der Waals surface area contributed by atoms with Gasteiger partial charge >= 0.3 is 6.18 Å². The number of rotatable bonds is 3. The average Bonchev–Trinajstić information content (AvgIpc) is 2.52. The van der Waals surface area contributed by atoms with Crippen LogP contribution in [0.3, 0.4) is 0 Å². The molecule has 0 atom stereocenters. The average molecular weight is 384 g/mol. The Morgan fingerprint density at radius 1 is 1.12 bits per heavy atom. The van der Waals surface area contributed by atoms with Crippen molar-refractivity contribution in [2.45, 2.75) is 25.7 Å². The number of nitrogens with one attached hydrogen (secondary N) is 1. The number of anilines is 1. The van der Waals surface area contributed by atoms with Gasteiger partial charge in [-0.3, -0.25) is 0 Å². The molecule has 0 bridgehead atoms. The van der Waals surface area contributed by atoms with Crippen LogP contribution in [0.15, 0.2) is 41.4 Å². The minimum absolute atomic E-state index is 0.182. The van der Waals surface area contributed by atoms with Crippen LogP contribution in [0, 0.1) is 5.82 Å². The summed E-state index contributed by atoms with van der Waals surface area (Å²) < 4.78 is 61.7. The lowest BCUT2D eigenvalue weighted by Gasteiger charge is -2.30. The van der Waals surface area contributed by atoms with E-state index in [2.05, 4.69) is 9.71 Å². The van der Waals surface area contributed by atoms with Gasteiger partial charge in [-0.25, -0.2) is 9.38 Å². The lowest BCUT2D eigenvalue weighted by molar-refractivity contribution is -0.140. The van der Waals surface area contributed by atoms with E-state index in [-0.39, 0.29) is 5.56 Å². The van der Waals surface area contributed by atoms with Gasteiger partial charge in [0.05, 0.1) is 11.3 Å². The highest BCUT2D eigenvalue weighted by molar-refractivity contribution is 7.99. The van der Waals surface area contributed by atoms with Crippen molar-refractivity contribution in [1.82, 2.24) is 0 Å². The molecule has 1 aliphatic heterocycles. The molecule has 2 aromatic rings. The predicted octanol–water partition coefficient (Wildman–Crippen LogP) is 5.50. The Bertz CT molecular complexity index is 878. The van der Waals surface area contributed by atoms with E-state index in [0.29, 0.717) is 17.0 Å². The Morgan fingerprint density at radius 3 is 2.50 bits per heavy atom. The van der Waals surface area contributed by atoms with Crippen molar-refractivity contribution in [1.29, 1.82) is 0 Å². The van der Waals surface area contributed by atoms with Gasteiger partial charge in [0.2, 0.25) is 0 Å². The van der Waals surface area contributed by atoms with Gasteiger partial charge in [-0.05, 0) is 44.2 Å². The highest BCUT2D eigenvalue weighted by Gasteiger charge is 2.35. The molecule has 1 aliphatic rings. The molecule has 1 N–H and O–H groups in total. The fourth-order valence-corrected chi connectivity index (χ4v) is 3.08. The quantitative estimate of drug-likeness (QED) is 0.560. The summed E-state index contributed by atoms with van der Waals surface area (Å²) in [5.41, 5.74) is -0.421. The second-order valence-electron chi connectivity index (χ2n) is 6.22. The third-order valence-corrected chi connectivity index (χ3v) is 4.18. The van der Waals surface area contributed by atoms with E-state index in [1.165, 1.54) is 18.0 Å². The van der Waals surface area contributed by atoms with Crippen LogP contribution in [0.5, 0.6) is 5.75 Å². The summed E-state index contributed by atoms with van der Waals surface area (Å²) in [4.78, 5) is 4.43. The van der Waals surface area contributed by atoms with Crippen molar-refractivity contribution in [2.75, 3.05) is 11.0 Å². The second-order valence-corrected chi connectivity index (χ2v) is 6.83. The van der Waals surface area contributed by atoms with E-state index in [0.717, 1.165) is 17.8 Å².